The fourth-order valence-corrected chi connectivity index (χ4v) is 1.84. The number of hydrogen-bond donors (Lipinski definition) is 1. The Labute approximate surface area is 100 Å². The van der Waals surface area contributed by atoms with E-state index in [0.29, 0.717) is 0 Å². The van der Waals surface area contributed by atoms with Crippen molar-refractivity contribution in [1.82, 2.24) is 9.55 Å². The van der Waals surface area contributed by atoms with Crippen molar-refractivity contribution in [2.75, 3.05) is 5.32 Å². The molecule has 0 spiro atoms. The van der Waals surface area contributed by atoms with Crippen molar-refractivity contribution < 1.29 is 4.39 Å². The Kier molecular flexibility index (Phi) is 3.13. The molecule has 1 heterocycles. The maximum atomic E-state index is 13.2. The van der Waals surface area contributed by atoms with Gasteiger partial charge in [-0.05, 0) is 31.5 Å². The minimum absolute atomic E-state index is 0.0375. The molecule has 0 radical (unpaired) electrons. The molecule has 3 nitrogen and oxygen atoms in total. The van der Waals surface area contributed by atoms with Gasteiger partial charge in [0.2, 0.25) is 0 Å². The van der Waals surface area contributed by atoms with E-state index in [2.05, 4.69) is 10.3 Å². The maximum Gasteiger partial charge on any atom is 0.130 e. The molecule has 90 valence electrons. The second-order valence-corrected chi connectivity index (χ2v) is 4.22. The van der Waals surface area contributed by atoms with E-state index in [9.17, 15) is 4.39 Å². The predicted molar refractivity (Wildman–Crippen MR) is 66.4 cm³/mol. The molecule has 1 N–H and O–H groups in total. The zero-order valence-corrected chi connectivity index (χ0v) is 10.2. The van der Waals surface area contributed by atoms with Gasteiger partial charge in [-0.1, -0.05) is 6.07 Å². The summed E-state index contributed by atoms with van der Waals surface area (Å²) in [6, 6.07) is 4.78. The fraction of sp³-hybridized carbons (Fsp3) is 0.308. The van der Waals surface area contributed by atoms with E-state index >= 15 is 0 Å². The number of aryl methyl sites for hydroxylation is 2. The summed E-state index contributed by atoms with van der Waals surface area (Å²) in [4.78, 5) is 4.27. The molecular formula is C13H16FN3. The Bertz CT molecular complexity index is 519. The summed E-state index contributed by atoms with van der Waals surface area (Å²) in [7, 11) is 1.94. The van der Waals surface area contributed by atoms with Crippen LogP contribution in [0.15, 0.2) is 30.6 Å². The van der Waals surface area contributed by atoms with Crippen molar-refractivity contribution in [3.05, 3.63) is 47.8 Å². The number of aromatic nitrogens is 2. The van der Waals surface area contributed by atoms with Crippen molar-refractivity contribution in [3.63, 3.8) is 0 Å². The van der Waals surface area contributed by atoms with Crippen LogP contribution in [0.4, 0.5) is 10.1 Å². The molecule has 4 heteroatoms. The summed E-state index contributed by atoms with van der Waals surface area (Å²) in [5.74, 6) is 0.693. The first kappa shape index (κ1) is 11.6. The zero-order chi connectivity index (χ0) is 12.4. The van der Waals surface area contributed by atoms with Crippen molar-refractivity contribution in [2.45, 2.75) is 19.9 Å². The van der Waals surface area contributed by atoms with E-state index in [-0.39, 0.29) is 11.9 Å². The van der Waals surface area contributed by atoms with E-state index in [4.69, 9.17) is 0 Å². The van der Waals surface area contributed by atoms with Gasteiger partial charge in [-0.15, -0.1) is 0 Å². The molecule has 0 amide bonds. The Hall–Kier alpha value is -1.84. The molecule has 1 aromatic carbocycles. The van der Waals surface area contributed by atoms with Crippen LogP contribution in [0, 0.1) is 12.7 Å². The number of benzene rings is 1. The largest absolute Gasteiger partial charge is 0.375 e. The summed E-state index contributed by atoms with van der Waals surface area (Å²) in [6.45, 7) is 3.96. The van der Waals surface area contributed by atoms with Crippen LogP contribution in [0.1, 0.15) is 24.4 Å². The first-order chi connectivity index (χ1) is 8.08. The first-order valence-electron chi connectivity index (χ1n) is 5.58. The lowest BCUT2D eigenvalue weighted by molar-refractivity contribution is 0.627. The predicted octanol–water partition coefficient (Wildman–Crippen LogP) is 3.04. The van der Waals surface area contributed by atoms with E-state index in [0.717, 1.165) is 17.1 Å². The molecule has 2 rings (SSSR count). The SMILES string of the molecule is Cc1ccc(F)cc1NC(C)c1nccn1C. The molecule has 0 bridgehead atoms. The van der Waals surface area contributed by atoms with Crippen LogP contribution in [0.25, 0.3) is 0 Å². The van der Waals surface area contributed by atoms with Gasteiger partial charge < -0.3 is 9.88 Å². The van der Waals surface area contributed by atoms with Crippen LogP contribution < -0.4 is 5.32 Å². The number of anilines is 1. The topological polar surface area (TPSA) is 29.9 Å². The zero-order valence-electron chi connectivity index (χ0n) is 10.2. The number of nitrogens with one attached hydrogen (secondary N) is 1. The van der Waals surface area contributed by atoms with Gasteiger partial charge in [-0.3, -0.25) is 0 Å². The average Bonchev–Trinajstić information content (AvgIpc) is 2.70. The van der Waals surface area contributed by atoms with E-state index in [1.165, 1.54) is 12.1 Å². The highest BCUT2D eigenvalue weighted by molar-refractivity contribution is 5.51. The molecule has 1 aromatic heterocycles. The summed E-state index contributed by atoms with van der Waals surface area (Å²) in [5, 5.41) is 3.27. The monoisotopic (exact) mass is 233 g/mol. The summed E-state index contributed by atoms with van der Waals surface area (Å²) in [5.41, 5.74) is 1.83. The van der Waals surface area contributed by atoms with E-state index in [1.54, 1.807) is 12.3 Å². The lowest BCUT2D eigenvalue weighted by Crippen LogP contribution is -2.12. The van der Waals surface area contributed by atoms with Gasteiger partial charge in [0.15, 0.2) is 0 Å². The number of rotatable bonds is 3. The van der Waals surface area contributed by atoms with Gasteiger partial charge in [0.1, 0.15) is 11.6 Å². The molecular weight excluding hydrogens is 217 g/mol. The minimum atomic E-state index is -0.231. The molecule has 0 saturated carbocycles. The average molecular weight is 233 g/mol. The normalized spacial score (nSPS) is 12.5. The van der Waals surface area contributed by atoms with Gasteiger partial charge in [-0.2, -0.15) is 0 Å². The third-order valence-electron chi connectivity index (χ3n) is 2.82. The van der Waals surface area contributed by atoms with Gasteiger partial charge in [-0.25, -0.2) is 9.37 Å². The molecule has 0 aliphatic heterocycles. The highest BCUT2D eigenvalue weighted by Crippen LogP contribution is 2.21. The lowest BCUT2D eigenvalue weighted by atomic mass is 10.1. The standard InChI is InChI=1S/C13H16FN3/c1-9-4-5-11(14)8-12(9)16-10(2)13-15-6-7-17(13)3/h4-8,10,16H,1-3H3. The van der Waals surface area contributed by atoms with Gasteiger partial charge in [0, 0.05) is 25.1 Å². The van der Waals surface area contributed by atoms with Crippen molar-refractivity contribution in [2.24, 2.45) is 7.05 Å². The van der Waals surface area contributed by atoms with Gasteiger partial charge in [0.25, 0.3) is 0 Å². The number of imidazole rings is 1. The molecule has 0 saturated heterocycles. The van der Waals surface area contributed by atoms with Crippen molar-refractivity contribution in [3.8, 4) is 0 Å². The number of hydrogen-bond acceptors (Lipinski definition) is 2. The molecule has 1 atom stereocenters. The minimum Gasteiger partial charge on any atom is -0.375 e. The fourth-order valence-electron chi connectivity index (χ4n) is 1.84. The Balaban J connectivity index is 2.21. The Morgan fingerprint density at radius 1 is 1.41 bits per heavy atom. The van der Waals surface area contributed by atoms with Crippen LogP contribution in [0.5, 0.6) is 0 Å². The van der Waals surface area contributed by atoms with Gasteiger partial charge >= 0.3 is 0 Å². The molecule has 0 aliphatic rings. The third-order valence-corrected chi connectivity index (χ3v) is 2.82. The second kappa shape index (κ2) is 4.57. The first-order valence-corrected chi connectivity index (χ1v) is 5.58. The lowest BCUT2D eigenvalue weighted by Gasteiger charge is -2.16. The number of halogens is 1. The smallest absolute Gasteiger partial charge is 0.130 e. The van der Waals surface area contributed by atoms with Crippen LogP contribution in [0.2, 0.25) is 0 Å². The molecule has 1 unspecified atom stereocenters. The molecule has 0 fully saturated rings. The van der Waals surface area contributed by atoms with Crippen LogP contribution in [-0.4, -0.2) is 9.55 Å². The Morgan fingerprint density at radius 2 is 2.18 bits per heavy atom. The van der Waals surface area contributed by atoms with Crippen LogP contribution >= 0.6 is 0 Å². The van der Waals surface area contributed by atoms with E-state index in [1.807, 2.05) is 31.7 Å². The summed E-state index contributed by atoms with van der Waals surface area (Å²) >= 11 is 0. The van der Waals surface area contributed by atoms with Crippen LogP contribution in [-0.2, 0) is 7.05 Å². The van der Waals surface area contributed by atoms with Gasteiger partial charge in [0.05, 0.1) is 6.04 Å². The Morgan fingerprint density at radius 3 is 2.82 bits per heavy atom. The second-order valence-electron chi connectivity index (χ2n) is 4.22. The van der Waals surface area contributed by atoms with Crippen LogP contribution in [0.3, 0.4) is 0 Å². The van der Waals surface area contributed by atoms with Crippen molar-refractivity contribution >= 4 is 5.69 Å². The quantitative estimate of drug-likeness (QED) is 0.883. The number of nitrogens with zero attached hydrogens (tertiary/aromatic N) is 2. The highest BCUT2D eigenvalue weighted by atomic mass is 19.1. The van der Waals surface area contributed by atoms with Crippen molar-refractivity contribution in [1.29, 1.82) is 0 Å². The van der Waals surface area contributed by atoms with E-state index < -0.39 is 0 Å². The third kappa shape index (κ3) is 2.46. The molecule has 17 heavy (non-hydrogen) atoms. The maximum absolute atomic E-state index is 13.2. The summed E-state index contributed by atoms with van der Waals surface area (Å²) < 4.78 is 15.1. The molecule has 2 aromatic rings. The molecule has 0 aliphatic carbocycles. The summed E-state index contributed by atoms with van der Waals surface area (Å²) in [6.07, 6.45) is 3.65. The highest BCUT2D eigenvalue weighted by Gasteiger charge is 2.11.